The molecule has 0 radical (unpaired) electrons. The van der Waals surface area contributed by atoms with Gasteiger partial charge in [-0.1, -0.05) is 35.6 Å². The van der Waals surface area contributed by atoms with Gasteiger partial charge in [-0.2, -0.15) is 9.61 Å². The lowest BCUT2D eigenvalue weighted by Crippen LogP contribution is -1.96. The zero-order valence-corrected chi connectivity index (χ0v) is 15.2. The number of halogens is 2. The van der Waals surface area contributed by atoms with Crippen molar-refractivity contribution in [2.75, 3.05) is 7.11 Å². The molecule has 0 spiro atoms. The second-order valence-corrected chi connectivity index (χ2v) is 6.91. The number of aromatic nitrogens is 5. The molecule has 0 N–H and O–H groups in total. The van der Waals surface area contributed by atoms with E-state index in [0.29, 0.717) is 26.9 Å². The Morgan fingerprint density at radius 3 is 2.71 bits per heavy atom. The van der Waals surface area contributed by atoms with Gasteiger partial charge in [0.2, 0.25) is 4.96 Å². The lowest BCUT2D eigenvalue weighted by atomic mass is 10.2. The van der Waals surface area contributed by atoms with Gasteiger partial charge in [-0.05, 0) is 24.3 Å². The van der Waals surface area contributed by atoms with Crippen molar-refractivity contribution in [3.05, 3.63) is 60.2 Å². The van der Waals surface area contributed by atoms with Crippen LogP contribution in [-0.4, -0.2) is 31.9 Å². The van der Waals surface area contributed by atoms with Gasteiger partial charge in [0.1, 0.15) is 17.0 Å². The van der Waals surface area contributed by atoms with Crippen LogP contribution in [0.5, 0.6) is 5.75 Å². The molecule has 0 aliphatic rings. The van der Waals surface area contributed by atoms with Gasteiger partial charge in [0.25, 0.3) is 0 Å². The van der Waals surface area contributed by atoms with E-state index in [1.807, 2.05) is 30.3 Å². The Morgan fingerprint density at radius 1 is 1.00 bits per heavy atom. The highest BCUT2D eigenvalue weighted by Gasteiger charge is 2.19. The number of hydrogen-bond acceptors (Lipinski definition) is 6. The fourth-order valence-electron chi connectivity index (χ4n) is 2.97. The first-order valence-corrected chi connectivity index (χ1v) is 9.08. The average molecular weight is 395 g/mol. The fourth-order valence-corrected chi connectivity index (χ4v) is 3.78. The molecule has 0 saturated heterocycles. The summed E-state index contributed by atoms with van der Waals surface area (Å²) in [5, 5.41) is 14.0. The molecule has 138 valence electrons. The summed E-state index contributed by atoms with van der Waals surface area (Å²) in [4.78, 5) is 5.11. The van der Waals surface area contributed by atoms with E-state index < -0.39 is 11.6 Å². The Labute approximate surface area is 161 Å². The van der Waals surface area contributed by atoms with Gasteiger partial charge in [0.05, 0.1) is 12.7 Å². The van der Waals surface area contributed by atoms with Gasteiger partial charge in [-0.15, -0.1) is 10.2 Å². The van der Waals surface area contributed by atoms with Crippen molar-refractivity contribution in [3.63, 3.8) is 0 Å². The maximum absolute atomic E-state index is 14.2. The Kier molecular flexibility index (Phi) is 3.76. The minimum absolute atomic E-state index is 0.00232. The molecule has 0 fully saturated rings. The summed E-state index contributed by atoms with van der Waals surface area (Å²) in [6.45, 7) is 0. The van der Waals surface area contributed by atoms with Crippen LogP contribution < -0.4 is 4.74 Å². The van der Waals surface area contributed by atoms with Gasteiger partial charge in [-0.25, -0.2) is 13.8 Å². The van der Waals surface area contributed by atoms with E-state index >= 15 is 0 Å². The Balaban J connectivity index is 1.66. The summed E-state index contributed by atoms with van der Waals surface area (Å²) in [5.41, 5.74) is 1.33. The summed E-state index contributed by atoms with van der Waals surface area (Å²) in [5.74, 6) is -1.15. The summed E-state index contributed by atoms with van der Waals surface area (Å²) in [6, 6.07) is 13.3. The average Bonchev–Trinajstić information content (AvgIpc) is 3.30. The van der Waals surface area contributed by atoms with E-state index in [1.165, 1.54) is 28.0 Å². The smallest absolute Gasteiger partial charge is 0.235 e. The monoisotopic (exact) mass is 395 g/mol. The zero-order chi connectivity index (χ0) is 19.3. The van der Waals surface area contributed by atoms with Crippen molar-refractivity contribution in [2.45, 2.75) is 0 Å². The van der Waals surface area contributed by atoms with E-state index in [1.54, 1.807) is 7.11 Å². The molecule has 0 saturated carbocycles. The van der Waals surface area contributed by atoms with Crippen molar-refractivity contribution < 1.29 is 13.5 Å². The number of para-hydroxylation sites is 1. The molecule has 28 heavy (non-hydrogen) atoms. The van der Waals surface area contributed by atoms with E-state index in [2.05, 4.69) is 20.3 Å². The molecule has 0 bridgehead atoms. The third-order valence-electron chi connectivity index (χ3n) is 4.31. The van der Waals surface area contributed by atoms with Crippen LogP contribution in [0.2, 0.25) is 0 Å². The molecular weight excluding hydrogens is 384 g/mol. The second kappa shape index (κ2) is 6.31. The summed E-state index contributed by atoms with van der Waals surface area (Å²) < 4.78 is 34.5. The largest absolute Gasteiger partial charge is 0.494 e. The van der Waals surface area contributed by atoms with Crippen LogP contribution in [0.25, 0.3) is 38.0 Å². The number of hydrogen-bond donors (Lipinski definition) is 0. The van der Waals surface area contributed by atoms with Crippen LogP contribution in [0.4, 0.5) is 8.78 Å². The molecule has 0 aliphatic carbocycles. The Bertz CT molecular complexity index is 1350. The molecule has 0 atom stereocenters. The highest BCUT2D eigenvalue weighted by atomic mass is 32.1. The summed E-state index contributed by atoms with van der Waals surface area (Å²) in [7, 11) is 1.59. The maximum Gasteiger partial charge on any atom is 0.235 e. The Morgan fingerprint density at radius 2 is 1.86 bits per heavy atom. The lowest BCUT2D eigenvalue weighted by Gasteiger charge is -2.05. The zero-order valence-electron chi connectivity index (χ0n) is 14.4. The molecular formula is C19H11F2N5OS. The molecule has 2 aromatic carbocycles. The topological polar surface area (TPSA) is 65.2 Å². The van der Waals surface area contributed by atoms with E-state index in [-0.39, 0.29) is 11.4 Å². The number of rotatable bonds is 3. The molecule has 6 nitrogen and oxygen atoms in total. The molecule has 5 aromatic rings. The Hall–Kier alpha value is -3.46. The second-order valence-electron chi connectivity index (χ2n) is 5.96. The van der Waals surface area contributed by atoms with Gasteiger partial charge in [0.15, 0.2) is 22.5 Å². The first kappa shape index (κ1) is 16.7. The third kappa shape index (κ3) is 2.51. The number of nitrogens with zero attached hydrogens (tertiary/aromatic N) is 5. The summed E-state index contributed by atoms with van der Waals surface area (Å²) >= 11 is 1.26. The summed E-state index contributed by atoms with van der Waals surface area (Å²) in [6.07, 6.45) is 0. The van der Waals surface area contributed by atoms with Crippen LogP contribution in [0, 0.1) is 11.6 Å². The van der Waals surface area contributed by atoms with Crippen LogP contribution in [0.1, 0.15) is 0 Å². The van der Waals surface area contributed by atoms with E-state index in [9.17, 15) is 8.78 Å². The predicted octanol–water partition coefficient (Wildman–Crippen LogP) is 4.35. The van der Waals surface area contributed by atoms with E-state index in [0.717, 1.165) is 11.5 Å². The molecule has 0 amide bonds. The van der Waals surface area contributed by atoms with Crippen molar-refractivity contribution in [1.29, 1.82) is 0 Å². The highest BCUT2D eigenvalue weighted by molar-refractivity contribution is 7.19. The van der Waals surface area contributed by atoms with Crippen LogP contribution in [0.3, 0.4) is 0 Å². The van der Waals surface area contributed by atoms with Crippen molar-refractivity contribution in [2.24, 2.45) is 0 Å². The first-order valence-electron chi connectivity index (χ1n) is 8.26. The highest BCUT2D eigenvalue weighted by Crippen LogP contribution is 2.31. The quantitative estimate of drug-likeness (QED) is 0.454. The van der Waals surface area contributed by atoms with Gasteiger partial charge in [0, 0.05) is 5.39 Å². The van der Waals surface area contributed by atoms with Crippen LogP contribution >= 0.6 is 11.3 Å². The van der Waals surface area contributed by atoms with Crippen molar-refractivity contribution in [1.82, 2.24) is 24.8 Å². The molecule has 0 aliphatic heterocycles. The number of fused-ring (bicyclic) bond motifs is 2. The lowest BCUT2D eigenvalue weighted by molar-refractivity contribution is 0.419. The normalized spacial score (nSPS) is 11.4. The molecule has 0 unspecified atom stereocenters. The minimum atomic E-state index is -0.986. The predicted molar refractivity (Wildman–Crippen MR) is 101 cm³/mol. The van der Waals surface area contributed by atoms with Gasteiger partial charge >= 0.3 is 0 Å². The third-order valence-corrected chi connectivity index (χ3v) is 5.23. The van der Waals surface area contributed by atoms with Crippen LogP contribution in [-0.2, 0) is 0 Å². The van der Waals surface area contributed by atoms with Gasteiger partial charge in [-0.3, -0.25) is 0 Å². The first-order chi connectivity index (χ1) is 13.7. The number of ether oxygens (including phenoxy) is 1. The number of benzene rings is 2. The SMILES string of the molecule is COc1cccc2ccc(-c3nn4c(-c5cccc(F)c5F)nnc4s3)nc12. The number of pyridine rings is 1. The van der Waals surface area contributed by atoms with Crippen molar-refractivity contribution >= 4 is 27.2 Å². The molecule has 3 aromatic heterocycles. The maximum atomic E-state index is 14.2. The van der Waals surface area contributed by atoms with E-state index in [4.69, 9.17) is 4.74 Å². The van der Waals surface area contributed by atoms with Gasteiger partial charge < -0.3 is 4.74 Å². The fraction of sp³-hybridized carbons (Fsp3) is 0.0526. The standard InChI is InChI=1S/C19H11F2N5OS/c1-27-14-7-2-4-10-8-9-13(22-16(10)14)18-25-26-17(23-24-19(26)28-18)11-5-3-6-12(20)15(11)21/h2-9H,1H3. The molecule has 9 heteroatoms. The molecule has 5 rings (SSSR count). The molecule has 3 heterocycles. The minimum Gasteiger partial charge on any atom is -0.494 e. The van der Waals surface area contributed by atoms with Crippen molar-refractivity contribution in [3.8, 4) is 27.8 Å². The number of methoxy groups -OCH3 is 1. The van der Waals surface area contributed by atoms with Crippen LogP contribution in [0.15, 0.2) is 48.5 Å².